The van der Waals surface area contributed by atoms with Crippen molar-refractivity contribution in [2.75, 3.05) is 10.6 Å². The van der Waals surface area contributed by atoms with Gasteiger partial charge in [0, 0.05) is 35.2 Å². The highest BCUT2D eigenvalue weighted by molar-refractivity contribution is 6.00. The Morgan fingerprint density at radius 2 is 1.94 bits per heavy atom. The van der Waals surface area contributed by atoms with Gasteiger partial charge in [0.05, 0.1) is 17.8 Å². The van der Waals surface area contributed by atoms with E-state index in [4.69, 9.17) is 0 Å². The van der Waals surface area contributed by atoms with Crippen molar-refractivity contribution in [2.24, 2.45) is 0 Å². The molecular weight excluding hydrogens is 417 g/mol. The first-order chi connectivity index (χ1) is 15.4. The van der Waals surface area contributed by atoms with E-state index in [0.29, 0.717) is 33.9 Å². The van der Waals surface area contributed by atoms with Crippen LogP contribution < -0.4 is 16.2 Å². The third-order valence-electron chi connectivity index (χ3n) is 5.34. The lowest BCUT2D eigenvalue weighted by Gasteiger charge is -2.14. The van der Waals surface area contributed by atoms with Gasteiger partial charge in [0.15, 0.2) is 0 Å². The van der Waals surface area contributed by atoms with Crippen molar-refractivity contribution in [2.45, 2.75) is 12.3 Å². The molecule has 0 bridgehead atoms. The zero-order valence-electron chi connectivity index (χ0n) is 16.4. The third-order valence-corrected chi connectivity index (χ3v) is 5.34. The van der Waals surface area contributed by atoms with E-state index in [2.05, 4.69) is 20.6 Å². The number of aliphatic carboxylic acids is 1. The zero-order valence-corrected chi connectivity index (χ0v) is 16.4. The predicted octanol–water partition coefficient (Wildman–Crippen LogP) is 3.39. The minimum atomic E-state index is -1.00. The van der Waals surface area contributed by atoms with Crippen LogP contribution in [-0.2, 0) is 4.79 Å². The van der Waals surface area contributed by atoms with Crippen LogP contribution in [-0.4, -0.2) is 31.5 Å². The number of fused-ring (bicyclic) bond motifs is 5. The van der Waals surface area contributed by atoms with E-state index in [1.54, 1.807) is 34.9 Å². The monoisotopic (exact) mass is 433 g/mol. The lowest BCUT2D eigenvalue weighted by atomic mass is 9.96. The summed E-state index contributed by atoms with van der Waals surface area (Å²) in [7, 11) is 0. The summed E-state index contributed by atoms with van der Waals surface area (Å²) >= 11 is 0. The van der Waals surface area contributed by atoms with Gasteiger partial charge in [-0.1, -0.05) is 12.1 Å². The van der Waals surface area contributed by atoms with E-state index in [1.165, 1.54) is 24.4 Å². The van der Waals surface area contributed by atoms with Gasteiger partial charge < -0.3 is 20.7 Å². The van der Waals surface area contributed by atoms with Crippen LogP contribution in [0.1, 0.15) is 23.6 Å². The number of aromatic amines is 1. The second-order valence-electron chi connectivity index (χ2n) is 7.38. The smallest absolute Gasteiger partial charge is 0.323 e. The number of H-pyrrole nitrogens is 1. The first-order valence-electron chi connectivity index (χ1n) is 9.69. The van der Waals surface area contributed by atoms with E-state index in [0.717, 1.165) is 0 Å². The standard InChI is InChI=1S/C22H16FN5O4/c23-11-2-1-3-12(8-11)25-22(32)26-13-4-5-14-15(9-13)16(10-17(29)30)19-18(14)27-21(31)20-24-6-7-28(19)20/h1-9,16H,10H2,(H,27,31)(H,29,30)(H2,25,26,32). The van der Waals surface area contributed by atoms with Crippen LogP contribution in [0.5, 0.6) is 0 Å². The first-order valence-corrected chi connectivity index (χ1v) is 9.69. The number of amides is 2. The van der Waals surface area contributed by atoms with Crippen molar-refractivity contribution < 1.29 is 19.1 Å². The Labute approximate surface area is 179 Å². The van der Waals surface area contributed by atoms with Gasteiger partial charge in [-0.3, -0.25) is 14.0 Å². The molecule has 1 aliphatic rings. The van der Waals surface area contributed by atoms with Crippen molar-refractivity contribution >= 4 is 29.0 Å². The summed E-state index contributed by atoms with van der Waals surface area (Å²) in [6.45, 7) is 0. The number of anilines is 2. The van der Waals surface area contributed by atoms with Crippen LogP contribution in [0.15, 0.2) is 59.7 Å². The molecule has 4 aromatic rings. The van der Waals surface area contributed by atoms with Gasteiger partial charge in [0.1, 0.15) is 5.82 Å². The maximum atomic E-state index is 13.3. The molecular formula is C22H16FN5O4. The fraction of sp³-hybridized carbons (Fsp3) is 0.0909. The van der Waals surface area contributed by atoms with Crippen molar-refractivity contribution in [3.63, 3.8) is 0 Å². The molecule has 0 radical (unpaired) electrons. The number of carbonyl (C=O) groups excluding carboxylic acids is 1. The van der Waals surface area contributed by atoms with Crippen LogP contribution in [0.4, 0.5) is 20.6 Å². The van der Waals surface area contributed by atoms with E-state index in [-0.39, 0.29) is 17.6 Å². The maximum Gasteiger partial charge on any atom is 0.323 e. The number of hydrogen-bond donors (Lipinski definition) is 4. The van der Waals surface area contributed by atoms with E-state index in [9.17, 15) is 23.9 Å². The Morgan fingerprint density at radius 1 is 1.16 bits per heavy atom. The molecule has 10 heteroatoms. The number of urea groups is 1. The molecule has 2 aromatic carbocycles. The number of halogens is 1. The third kappa shape index (κ3) is 3.27. The van der Waals surface area contributed by atoms with Gasteiger partial charge in [-0.15, -0.1) is 0 Å². The number of aromatic nitrogens is 3. The summed E-state index contributed by atoms with van der Waals surface area (Å²) in [4.78, 5) is 43.2. The number of carboxylic acid groups (broad SMARTS) is 1. The second-order valence-corrected chi connectivity index (χ2v) is 7.38. The molecule has 5 rings (SSSR count). The zero-order chi connectivity index (χ0) is 22.4. The number of nitrogens with one attached hydrogen (secondary N) is 3. The molecule has 0 spiro atoms. The minimum Gasteiger partial charge on any atom is -0.481 e. The molecule has 32 heavy (non-hydrogen) atoms. The van der Waals surface area contributed by atoms with Crippen molar-refractivity contribution in [1.82, 2.24) is 14.4 Å². The number of imidazole rings is 1. The molecule has 1 unspecified atom stereocenters. The van der Waals surface area contributed by atoms with Gasteiger partial charge in [-0.05, 0) is 35.9 Å². The number of carbonyl (C=O) groups is 2. The van der Waals surface area contributed by atoms with Gasteiger partial charge in [0.25, 0.3) is 5.56 Å². The molecule has 0 fully saturated rings. The van der Waals surface area contributed by atoms with Crippen LogP contribution in [0, 0.1) is 5.82 Å². The Kier molecular flexibility index (Phi) is 4.47. The second kappa shape index (κ2) is 7.34. The number of nitrogens with zero attached hydrogens (tertiary/aromatic N) is 2. The van der Waals surface area contributed by atoms with Crippen LogP contribution >= 0.6 is 0 Å². The molecule has 1 atom stereocenters. The molecule has 2 aromatic heterocycles. The minimum absolute atomic E-state index is 0.180. The summed E-state index contributed by atoms with van der Waals surface area (Å²) in [6.07, 6.45) is 2.89. The first kappa shape index (κ1) is 19.5. The summed E-state index contributed by atoms with van der Waals surface area (Å²) < 4.78 is 14.9. The lowest BCUT2D eigenvalue weighted by molar-refractivity contribution is -0.137. The molecule has 160 valence electrons. The molecule has 2 heterocycles. The summed E-state index contributed by atoms with van der Waals surface area (Å²) in [5.74, 6) is -2.04. The molecule has 0 saturated heterocycles. The van der Waals surface area contributed by atoms with Crippen molar-refractivity contribution in [3.05, 3.63) is 82.3 Å². The molecule has 0 aliphatic heterocycles. The number of hydrogen-bond acceptors (Lipinski definition) is 4. The molecule has 4 N–H and O–H groups in total. The maximum absolute atomic E-state index is 13.3. The lowest BCUT2D eigenvalue weighted by Crippen LogP contribution is -2.19. The highest BCUT2D eigenvalue weighted by Gasteiger charge is 2.34. The fourth-order valence-electron chi connectivity index (χ4n) is 4.11. The normalized spacial score (nSPS) is 14.1. The van der Waals surface area contributed by atoms with Crippen LogP contribution in [0.2, 0.25) is 0 Å². The highest BCUT2D eigenvalue weighted by atomic mass is 19.1. The fourth-order valence-corrected chi connectivity index (χ4v) is 4.11. The van der Waals surface area contributed by atoms with E-state index in [1.807, 2.05) is 0 Å². The van der Waals surface area contributed by atoms with E-state index < -0.39 is 23.7 Å². The number of benzene rings is 2. The van der Waals surface area contributed by atoms with Gasteiger partial charge in [-0.25, -0.2) is 14.2 Å². The van der Waals surface area contributed by atoms with E-state index >= 15 is 0 Å². The highest BCUT2D eigenvalue weighted by Crippen LogP contribution is 2.45. The molecule has 9 nitrogen and oxygen atoms in total. The topological polar surface area (TPSA) is 129 Å². The van der Waals surface area contributed by atoms with Gasteiger partial charge >= 0.3 is 12.0 Å². The average molecular weight is 433 g/mol. The van der Waals surface area contributed by atoms with Crippen molar-refractivity contribution in [3.8, 4) is 11.3 Å². The molecule has 2 amide bonds. The SMILES string of the molecule is O=C(O)CC1c2cc(NC(=O)Nc3cccc(F)c3)ccc2-c2[nH]c(=O)c3nccn3c21. The Balaban J connectivity index is 1.51. The largest absolute Gasteiger partial charge is 0.481 e. The average Bonchev–Trinajstić information content (AvgIpc) is 3.32. The van der Waals surface area contributed by atoms with Gasteiger partial charge in [0.2, 0.25) is 5.65 Å². The molecule has 1 aliphatic carbocycles. The molecule has 0 saturated carbocycles. The number of carboxylic acids is 1. The Bertz CT molecular complexity index is 1460. The quantitative estimate of drug-likeness (QED) is 0.392. The predicted molar refractivity (Wildman–Crippen MR) is 114 cm³/mol. The van der Waals surface area contributed by atoms with Crippen LogP contribution in [0.3, 0.4) is 0 Å². The van der Waals surface area contributed by atoms with Crippen LogP contribution in [0.25, 0.3) is 16.9 Å². The number of rotatable bonds is 4. The van der Waals surface area contributed by atoms with Gasteiger partial charge in [-0.2, -0.15) is 0 Å². The Morgan fingerprint density at radius 3 is 2.69 bits per heavy atom. The Hall–Kier alpha value is -4.47. The summed E-state index contributed by atoms with van der Waals surface area (Å²) in [5, 5.41) is 14.7. The summed E-state index contributed by atoms with van der Waals surface area (Å²) in [5.41, 5.74) is 2.99. The summed E-state index contributed by atoms with van der Waals surface area (Å²) in [6, 6.07) is 9.95. The van der Waals surface area contributed by atoms with Crippen molar-refractivity contribution in [1.29, 1.82) is 0 Å².